The summed E-state index contributed by atoms with van der Waals surface area (Å²) >= 11 is 0. The Morgan fingerprint density at radius 3 is 2.53 bits per heavy atom. The highest BCUT2D eigenvalue weighted by Gasteiger charge is 2.12. The van der Waals surface area contributed by atoms with Crippen LogP contribution in [-0.2, 0) is 0 Å². The van der Waals surface area contributed by atoms with E-state index in [0.717, 1.165) is 19.4 Å². The molecule has 0 aliphatic rings. The van der Waals surface area contributed by atoms with E-state index >= 15 is 0 Å². The van der Waals surface area contributed by atoms with E-state index in [1.165, 1.54) is 6.20 Å². The van der Waals surface area contributed by atoms with E-state index in [0.29, 0.717) is 17.4 Å². The molecule has 0 radical (unpaired) electrons. The van der Waals surface area contributed by atoms with Gasteiger partial charge >= 0.3 is 0 Å². The number of rotatable bonds is 7. The van der Waals surface area contributed by atoms with Crippen LogP contribution in [0.25, 0.3) is 0 Å². The van der Waals surface area contributed by atoms with Crippen LogP contribution in [0.1, 0.15) is 51.0 Å². The Morgan fingerprint density at radius 1 is 1.26 bits per heavy atom. The molecular weight excluding hydrogens is 240 g/mol. The number of nitrogens with one attached hydrogen (secondary N) is 2. The van der Waals surface area contributed by atoms with E-state index in [2.05, 4.69) is 41.4 Å². The second-order valence-electron chi connectivity index (χ2n) is 5.22. The summed E-state index contributed by atoms with van der Waals surface area (Å²) in [6, 6.07) is 0.146. The number of amides is 1. The van der Waals surface area contributed by atoms with Crippen molar-refractivity contribution in [2.45, 2.75) is 46.6 Å². The number of hydrogen-bond donors (Lipinski definition) is 2. The number of nitrogens with zero attached hydrogens (tertiary/aromatic N) is 2. The zero-order chi connectivity index (χ0) is 14.3. The normalized spacial score (nSPS) is 12.3. The maximum absolute atomic E-state index is 11.9. The molecular formula is C14H24N4O. The van der Waals surface area contributed by atoms with Gasteiger partial charge in [0.25, 0.3) is 5.91 Å². The van der Waals surface area contributed by atoms with Gasteiger partial charge in [0.05, 0.1) is 12.4 Å². The van der Waals surface area contributed by atoms with E-state index < -0.39 is 0 Å². The molecule has 0 spiro atoms. The van der Waals surface area contributed by atoms with Crippen molar-refractivity contribution in [2.24, 2.45) is 5.92 Å². The molecule has 0 saturated carbocycles. The summed E-state index contributed by atoms with van der Waals surface area (Å²) in [7, 11) is 0. The third kappa shape index (κ3) is 5.68. The lowest BCUT2D eigenvalue weighted by atomic mass is 10.1. The lowest BCUT2D eigenvalue weighted by Crippen LogP contribution is -2.34. The Kier molecular flexibility index (Phi) is 6.25. The van der Waals surface area contributed by atoms with Crippen molar-refractivity contribution >= 4 is 11.7 Å². The van der Waals surface area contributed by atoms with E-state index in [1.54, 1.807) is 6.20 Å². The first kappa shape index (κ1) is 15.4. The lowest BCUT2D eigenvalue weighted by Gasteiger charge is -2.15. The summed E-state index contributed by atoms with van der Waals surface area (Å²) in [5.41, 5.74) is 0.359. The fraction of sp³-hybridized carbons (Fsp3) is 0.643. The second-order valence-corrected chi connectivity index (χ2v) is 5.22. The molecule has 0 aromatic carbocycles. The van der Waals surface area contributed by atoms with Gasteiger partial charge in [-0.25, -0.2) is 9.97 Å². The second kappa shape index (κ2) is 7.71. The molecule has 0 fully saturated rings. The molecule has 1 heterocycles. The predicted molar refractivity (Wildman–Crippen MR) is 77.2 cm³/mol. The van der Waals surface area contributed by atoms with Gasteiger partial charge in [0.2, 0.25) is 0 Å². The van der Waals surface area contributed by atoms with Crippen LogP contribution >= 0.6 is 0 Å². The quantitative estimate of drug-likeness (QED) is 0.794. The number of carbonyl (C=O) groups is 1. The molecule has 2 N–H and O–H groups in total. The standard InChI is InChI=1S/C14H24N4O/c1-5-6-15-13-9-16-12(8-17-13)14(19)18-11(4)7-10(2)3/h8-11H,5-7H2,1-4H3,(H,15,17)(H,18,19). The molecule has 5 heteroatoms. The van der Waals surface area contributed by atoms with Gasteiger partial charge in [-0.1, -0.05) is 20.8 Å². The van der Waals surface area contributed by atoms with Crippen molar-refractivity contribution in [3.05, 3.63) is 18.1 Å². The average Bonchev–Trinajstić information content (AvgIpc) is 2.35. The van der Waals surface area contributed by atoms with Crippen molar-refractivity contribution in [3.63, 3.8) is 0 Å². The maximum Gasteiger partial charge on any atom is 0.271 e. The molecule has 0 bridgehead atoms. The first-order valence-corrected chi connectivity index (χ1v) is 6.89. The highest BCUT2D eigenvalue weighted by atomic mass is 16.1. The van der Waals surface area contributed by atoms with Gasteiger partial charge in [-0.15, -0.1) is 0 Å². The van der Waals surface area contributed by atoms with Gasteiger partial charge < -0.3 is 10.6 Å². The number of anilines is 1. The Hall–Kier alpha value is -1.65. The zero-order valence-corrected chi connectivity index (χ0v) is 12.2. The third-order valence-corrected chi connectivity index (χ3v) is 2.64. The van der Waals surface area contributed by atoms with Crippen molar-refractivity contribution in [1.82, 2.24) is 15.3 Å². The number of carbonyl (C=O) groups excluding carboxylic acids is 1. The van der Waals surface area contributed by atoms with Crippen molar-refractivity contribution in [2.75, 3.05) is 11.9 Å². The fourth-order valence-electron chi connectivity index (χ4n) is 1.85. The number of hydrogen-bond acceptors (Lipinski definition) is 4. The minimum absolute atomic E-state index is 0.146. The van der Waals surface area contributed by atoms with E-state index in [-0.39, 0.29) is 11.9 Å². The summed E-state index contributed by atoms with van der Waals surface area (Å²) in [5, 5.41) is 6.05. The Morgan fingerprint density at radius 2 is 2.00 bits per heavy atom. The Bertz CT molecular complexity index is 389. The van der Waals surface area contributed by atoms with Crippen LogP contribution in [-0.4, -0.2) is 28.5 Å². The average molecular weight is 264 g/mol. The minimum atomic E-state index is -0.164. The highest BCUT2D eigenvalue weighted by Crippen LogP contribution is 2.05. The summed E-state index contributed by atoms with van der Waals surface area (Å²) < 4.78 is 0. The monoisotopic (exact) mass is 264 g/mol. The zero-order valence-electron chi connectivity index (χ0n) is 12.2. The van der Waals surface area contributed by atoms with Crippen molar-refractivity contribution in [3.8, 4) is 0 Å². The molecule has 0 aliphatic heterocycles. The van der Waals surface area contributed by atoms with E-state index in [4.69, 9.17) is 0 Å². The van der Waals surface area contributed by atoms with Crippen LogP contribution in [0.3, 0.4) is 0 Å². The molecule has 5 nitrogen and oxygen atoms in total. The van der Waals surface area contributed by atoms with Gasteiger partial charge in [-0.3, -0.25) is 4.79 Å². The first-order valence-electron chi connectivity index (χ1n) is 6.89. The topological polar surface area (TPSA) is 66.9 Å². The molecule has 1 rings (SSSR count). The van der Waals surface area contributed by atoms with Crippen LogP contribution in [0, 0.1) is 5.92 Å². The summed E-state index contributed by atoms with van der Waals surface area (Å²) in [6.07, 6.45) is 5.08. The summed E-state index contributed by atoms with van der Waals surface area (Å²) in [4.78, 5) is 20.2. The molecule has 1 aromatic heterocycles. The van der Waals surface area contributed by atoms with Gasteiger partial charge in [-0.05, 0) is 25.7 Å². The van der Waals surface area contributed by atoms with Crippen LogP contribution in [0.2, 0.25) is 0 Å². The van der Waals surface area contributed by atoms with Crippen molar-refractivity contribution in [1.29, 1.82) is 0 Å². The number of aromatic nitrogens is 2. The Balaban J connectivity index is 2.53. The lowest BCUT2D eigenvalue weighted by molar-refractivity contribution is 0.0930. The Labute approximate surface area is 115 Å². The molecule has 1 atom stereocenters. The molecule has 19 heavy (non-hydrogen) atoms. The highest BCUT2D eigenvalue weighted by molar-refractivity contribution is 5.92. The first-order chi connectivity index (χ1) is 9.02. The molecule has 0 saturated heterocycles. The molecule has 106 valence electrons. The minimum Gasteiger partial charge on any atom is -0.369 e. The third-order valence-electron chi connectivity index (χ3n) is 2.64. The molecule has 1 aromatic rings. The summed E-state index contributed by atoms with van der Waals surface area (Å²) in [5.74, 6) is 1.10. The smallest absolute Gasteiger partial charge is 0.271 e. The molecule has 1 amide bonds. The fourth-order valence-corrected chi connectivity index (χ4v) is 1.85. The predicted octanol–water partition coefficient (Wildman–Crippen LogP) is 2.46. The van der Waals surface area contributed by atoms with Crippen LogP contribution < -0.4 is 10.6 Å². The molecule has 1 unspecified atom stereocenters. The van der Waals surface area contributed by atoms with Crippen molar-refractivity contribution < 1.29 is 4.79 Å². The van der Waals surface area contributed by atoms with Gasteiger partial charge in [0.15, 0.2) is 0 Å². The van der Waals surface area contributed by atoms with E-state index in [1.807, 2.05) is 6.92 Å². The van der Waals surface area contributed by atoms with Gasteiger partial charge in [0, 0.05) is 12.6 Å². The van der Waals surface area contributed by atoms with Crippen LogP contribution in [0.5, 0.6) is 0 Å². The van der Waals surface area contributed by atoms with Crippen LogP contribution in [0.15, 0.2) is 12.4 Å². The maximum atomic E-state index is 11.9. The van der Waals surface area contributed by atoms with Gasteiger partial charge in [-0.2, -0.15) is 0 Å². The summed E-state index contributed by atoms with van der Waals surface area (Å²) in [6.45, 7) is 9.21. The largest absolute Gasteiger partial charge is 0.369 e. The van der Waals surface area contributed by atoms with E-state index in [9.17, 15) is 4.79 Å². The molecule has 0 aliphatic carbocycles. The SMILES string of the molecule is CCCNc1cnc(C(=O)NC(C)CC(C)C)cn1. The van der Waals surface area contributed by atoms with Crippen LogP contribution in [0.4, 0.5) is 5.82 Å². The van der Waals surface area contributed by atoms with Gasteiger partial charge in [0.1, 0.15) is 11.5 Å².